The Hall–Kier alpha value is -3.01. The molecule has 1 fully saturated rings. The van der Waals surface area contributed by atoms with Crippen LogP contribution in [0.2, 0.25) is 0 Å². The van der Waals surface area contributed by atoms with E-state index in [-0.39, 0.29) is 29.6 Å². The number of rotatable bonds is 5. The number of benzene rings is 2. The van der Waals surface area contributed by atoms with E-state index in [4.69, 9.17) is 10.5 Å². The molecule has 31 heavy (non-hydrogen) atoms. The predicted molar refractivity (Wildman–Crippen MR) is 116 cm³/mol. The van der Waals surface area contributed by atoms with Gasteiger partial charge in [0.15, 0.2) is 6.73 Å². The summed E-state index contributed by atoms with van der Waals surface area (Å²) < 4.78 is 34.0. The standard InChI is InChI=1S/C22H23N3O5S/c1-15-5-7-16(8-6-15)22(27)30-14-24-11-10-18-19(21(24)26)3-2-4-20(18)31(28,29)25-12-9-17(23)13-25/h2-8,10-11,17H,9,12-14,23H2,1H3. The minimum atomic E-state index is -3.77. The molecule has 0 amide bonds. The predicted octanol–water partition coefficient (Wildman–Crippen LogP) is 1.85. The molecule has 1 aliphatic heterocycles. The van der Waals surface area contributed by atoms with E-state index < -0.39 is 21.6 Å². The second-order valence-electron chi connectivity index (χ2n) is 7.65. The van der Waals surface area contributed by atoms with E-state index >= 15 is 0 Å². The van der Waals surface area contributed by atoms with Crippen LogP contribution in [0.3, 0.4) is 0 Å². The number of nitrogens with zero attached hydrogens (tertiary/aromatic N) is 2. The van der Waals surface area contributed by atoms with Crippen molar-refractivity contribution in [3.63, 3.8) is 0 Å². The number of sulfonamides is 1. The normalized spacial score (nSPS) is 17.2. The van der Waals surface area contributed by atoms with Crippen LogP contribution in [-0.4, -0.2) is 42.4 Å². The van der Waals surface area contributed by atoms with Gasteiger partial charge in [0.1, 0.15) is 0 Å². The fraction of sp³-hybridized carbons (Fsp3) is 0.273. The van der Waals surface area contributed by atoms with Crippen molar-refractivity contribution in [2.45, 2.75) is 31.0 Å². The van der Waals surface area contributed by atoms with Gasteiger partial charge >= 0.3 is 5.97 Å². The summed E-state index contributed by atoms with van der Waals surface area (Å²) in [6.45, 7) is 2.24. The highest BCUT2D eigenvalue weighted by molar-refractivity contribution is 7.89. The molecule has 2 N–H and O–H groups in total. The molecule has 162 valence electrons. The van der Waals surface area contributed by atoms with Gasteiger partial charge in [-0.25, -0.2) is 13.2 Å². The van der Waals surface area contributed by atoms with Crippen LogP contribution >= 0.6 is 0 Å². The molecular weight excluding hydrogens is 418 g/mol. The third-order valence-electron chi connectivity index (χ3n) is 5.41. The molecule has 0 bridgehead atoms. The third kappa shape index (κ3) is 4.12. The van der Waals surface area contributed by atoms with Gasteiger partial charge < -0.3 is 10.5 Å². The fourth-order valence-electron chi connectivity index (χ4n) is 3.63. The van der Waals surface area contributed by atoms with Crippen LogP contribution in [0.5, 0.6) is 0 Å². The van der Waals surface area contributed by atoms with Gasteiger partial charge in [-0.05, 0) is 43.7 Å². The minimum absolute atomic E-state index is 0.0694. The molecule has 4 rings (SSSR count). The minimum Gasteiger partial charge on any atom is -0.440 e. The van der Waals surface area contributed by atoms with E-state index in [0.29, 0.717) is 23.9 Å². The van der Waals surface area contributed by atoms with E-state index in [9.17, 15) is 18.0 Å². The number of hydrogen-bond acceptors (Lipinski definition) is 6. The number of aryl methyl sites for hydroxylation is 1. The SMILES string of the molecule is Cc1ccc(C(=O)OCn2ccc3c(S(=O)(=O)N4CCC(N)C4)cccc3c2=O)cc1. The molecule has 0 saturated carbocycles. The van der Waals surface area contributed by atoms with Gasteiger partial charge in [0, 0.05) is 36.1 Å². The smallest absolute Gasteiger partial charge is 0.339 e. The van der Waals surface area contributed by atoms with E-state index in [1.165, 1.54) is 27.2 Å². The lowest BCUT2D eigenvalue weighted by atomic mass is 10.1. The first-order chi connectivity index (χ1) is 14.8. The Labute approximate surface area is 179 Å². The molecule has 0 spiro atoms. The maximum atomic E-state index is 13.1. The molecule has 2 aromatic carbocycles. The summed E-state index contributed by atoms with van der Waals surface area (Å²) in [6, 6.07) is 12.9. The Morgan fingerprint density at radius 1 is 1.13 bits per heavy atom. The number of nitrogens with two attached hydrogens (primary N) is 1. The van der Waals surface area contributed by atoms with Crippen LogP contribution in [0.4, 0.5) is 0 Å². The molecule has 1 aromatic heterocycles. The van der Waals surface area contributed by atoms with Crippen molar-refractivity contribution in [3.8, 4) is 0 Å². The van der Waals surface area contributed by atoms with Crippen molar-refractivity contribution in [2.75, 3.05) is 13.1 Å². The maximum Gasteiger partial charge on any atom is 0.339 e. The number of fused-ring (bicyclic) bond motifs is 1. The summed E-state index contributed by atoms with van der Waals surface area (Å²) in [4.78, 5) is 25.2. The van der Waals surface area contributed by atoms with Crippen molar-refractivity contribution in [1.29, 1.82) is 0 Å². The number of aromatic nitrogens is 1. The van der Waals surface area contributed by atoms with Crippen LogP contribution in [0.25, 0.3) is 10.8 Å². The molecule has 0 radical (unpaired) electrons. The fourth-order valence-corrected chi connectivity index (χ4v) is 5.35. The van der Waals surface area contributed by atoms with Gasteiger partial charge in [-0.1, -0.05) is 23.8 Å². The zero-order chi connectivity index (χ0) is 22.2. The number of esters is 1. The summed E-state index contributed by atoms with van der Waals surface area (Å²) in [7, 11) is -3.77. The first-order valence-corrected chi connectivity index (χ1v) is 11.3. The van der Waals surface area contributed by atoms with E-state index in [1.54, 1.807) is 36.4 Å². The maximum absolute atomic E-state index is 13.1. The Kier molecular flexibility index (Phi) is 5.65. The number of hydrogen-bond donors (Lipinski definition) is 1. The van der Waals surface area contributed by atoms with E-state index in [2.05, 4.69) is 0 Å². The number of carbonyl (C=O) groups excluding carboxylic acids is 1. The average Bonchev–Trinajstić information content (AvgIpc) is 3.20. The zero-order valence-electron chi connectivity index (χ0n) is 17.0. The van der Waals surface area contributed by atoms with Crippen LogP contribution in [0, 0.1) is 6.92 Å². The van der Waals surface area contributed by atoms with Crippen molar-refractivity contribution in [1.82, 2.24) is 8.87 Å². The number of carbonyl (C=O) groups is 1. The van der Waals surface area contributed by atoms with Gasteiger partial charge in [0.2, 0.25) is 10.0 Å². The molecule has 1 atom stereocenters. The highest BCUT2D eigenvalue weighted by Gasteiger charge is 2.32. The monoisotopic (exact) mass is 441 g/mol. The Morgan fingerprint density at radius 2 is 1.87 bits per heavy atom. The molecular formula is C22H23N3O5S. The van der Waals surface area contributed by atoms with E-state index in [1.807, 2.05) is 6.92 Å². The van der Waals surface area contributed by atoms with Gasteiger partial charge in [0.25, 0.3) is 5.56 Å². The molecule has 3 aromatic rings. The Morgan fingerprint density at radius 3 is 2.55 bits per heavy atom. The van der Waals surface area contributed by atoms with E-state index in [0.717, 1.165) is 5.56 Å². The molecule has 9 heteroatoms. The van der Waals surface area contributed by atoms with Gasteiger partial charge in [-0.3, -0.25) is 9.36 Å². The molecule has 2 heterocycles. The third-order valence-corrected chi connectivity index (χ3v) is 7.33. The van der Waals surface area contributed by atoms with Crippen LogP contribution in [0.15, 0.2) is 64.4 Å². The largest absolute Gasteiger partial charge is 0.440 e. The zero-order valence-corrected chi connectivity index (χ0v) is 17.8. The first kappa shape index (κ1) is 21.2. The lowest BCUT2D eigenvalue weighted by Gasteiger charge is -2.17. The number of ether oxygens (including phenoxy) is 1. The Balaban J connectivity index is 1.62. The summed E-state index contributed by atoms with van der Waals surface area (Å²) >= 11 is 0. The molecule has 1 aliphatic rings. The van der Waals surface area contributed by atoms with Crippen molar-refractivity contribution >= 4 is 26.8 Å². The lowest BCUT2D eigenvalue weighted by molar-refractivity contribution is 0.0367. The summed E-state index contributed by atoms with van der Waals surface area (Å²) in [5.74, 6) is -0.548. The second-order valence-corrected chi connectivity index (χ2v) is 9.55. The molecule has 8 nitrogen and oxygen atoms in total. The Bertz CT molecular complexity index is 1300. The van der Waals surface area contributed by atoms with Crippen molar-refractivity contribution in [2.24, 2.45) is 5.73 Å². The average molecular weight is 442 g/mol. The van der Waals surface area contributed by atoms with Gasteiger partial charge in [-0.15, -0.1) is 0 Å². The highest BCUT2D eigenvalue weighted by Crippen LogP contribution is 2.26. The highest BCUT2D eigenvalue weighted by atomic mass is 32.2. The second kappa shape index (κ2) is 8.26. The summed E-state index contributed by atoms with van der Waals surface area (Å²) in [6.07, 6.45) is 2.03. The molecule has 1 unspecified atom stereocenters. The quantitative estimate of drug-likeness (QED) is 0.605. The van der Waals surface area contributed by atoms with Crippen LogP contribution < -0.4 is 11.3 Å². The van der Waals surface area contributed by atoms with Crippen molar-refractivity contribution < 1.29 is 17.9 Å². The van der Waals surface area contributed by atoms with Crippen LogP contribution in [-0.2, 0) is 21.5 Å². The summed E-state index contributed by atoms with van der Waals surface area (Å²) in [5.41, 5.74) is 6.83. The van der Waals surface area contributed by atoms with Crippen LogP contribution in [0.1, 0.15) is 22.3 Å². The summed E-state index contributed by atoms with van der Waals surface area (Å²) in [5, 5.41) is 0.563. The van der Waals surface area contributed by atoms with Crippen molar-refractivity contribution in [3.05, 3.63) is 76.2 Å². The molecule has 1 saturated heterocycles. The topological polar surface area (TPSA) is 112 Å². The lowest BCUT2D eigenvalue weighted by Crippen LogP contribution is -2.32. The first-order valence-electron chi connectivity index (χ1n) is 9.89. The van der Waals surface area contributed by atoms with Gasteiger partial charge in [0.05, 0.1) is 10.5 Å². The number of pyridine rings is 1. The molecule has 0 aliphatic carbocycles. The van der Waals surface area contributed by atoms with Gasteiger partial charge in [-0.2, -0.15) is 4.31 Å².